The zero-order chi connectivity index (χ0) is 16.9. The average Bonchev–Trinajstić information content (AvgIpc) is 2.61. The van der Waals surface area contributed by atoms with E-state index in [2.05, 4.69) is 11.4 Å². The van der Waals surface area contributed by atoms with Crippen LogP contribution in [0, 0.1) is 0 Å². The van der Waals surface area contributed by atoms with Crippen LogP contribution in [0.5, 0.6) is 0 Å². The van der Waals surface area contributed by atoms with E-state index in [4.69, 9.17) is 0 Å². The first-order valence-electron chi connectivity index (χ1n) is 8.35. The number of benzene rings is 2. The Hall–Kier alpha value is -2.62. The van der Waals surface area contributed by atoms with Gasteiger partial charge in [0.25, 0.3) is 0 Å². The first kappa shape index (κ1) is 16.2. The van der Waals surface area contributed by atoms with Crippen LogP contribution in [0.15, 0.2) is 54.6 Å². The summed E-state index contributed by atoms with van der Waals surface area (Å²) >= 11 is 0. The lowest BCUT2D eigenvalue weighted by Crippen LogP contribution is -2.38. The molecule has 1 unspecified atom stereocenters. The Kier molecular flexibility index (Phi) is 4.94. The van der Waals surface area contributed by atoms with Crippen LogP contribution in [-0.4, -0.2) is 18.4 Å². The van der Waals surface area contributed by atoms with Crippen LogP contribution in [0.4, 0.5) is 5.69 Å². The molecule has 3 rings (SSSR count). The van der Waals surface area contributed by atoms with Crippen molar-refractivity contribution >= 4 is 17.5 Å². The summed E-state index contributed by atoms with van der Waals surface area (Å²) in [6.45, 7) is 2.22. The second-order valence-corrected chi connectivity index (χ2v) is 6.15. The molecular weight excluding hydrogens is 300 g/mol. The van der Waals surface area contributed by atoms with Gasteiger partial charge in [-0.3, -0.25) is 9.59 Å². The molecule has 0 saturated carbocycles. The van der Waals surface area contributed by atoms with Gasteiger partial charge in [0.05, 0.1) is 12.5 Å². The summed E-state index contributed by atoms with van der Waals surface area (Å²) in [6.07, 6.45) is 2.24. The Morgan fingerprint density at radius 2 is 1.79 bits per heavy atom. The summed E-state index contributed by atoms with van der Waals surface area (Å²) < 4.78 is 0. The summed E-state index contributed by atoms with van der Waals surface area (Å²) in [4.78, 5) is 26.3. The first-order valence-corrected chi connectivity index (χ1v) is 8.35. The van der Waals surface area contributed by atoms with Gasteiger partial charge in [-0.25, -0.2) is 0 Å². The van der Waals surface area contributed by atoms with Crippen molar-refractivity contribution in [1.29, 1.82) is 0 Å². The van der Waals surface area contributed by atoms with Gasteiger partial charge in [0, 0.05) is 19.2 Å². The normalized spacial score (nSPS) is 14.6. The summed E-state index contributed by atoms with van der Waals surface area (Å²) in [6, 6.07) is 17.4. The fourth-order valence-electron chi connectivity index (χ4n) is 3.26. The van der Waals surface area contributed by atoms with Gasteiger partial charge in [-0.15, -0.1) is 0 Å². The molecule has 0 spiro atoms. The number of aryl methyl sites for hydroxylation is 1. The van der Waals surface area contributed by atoms with Crippen LogP contribution in [0.25, 0.3) is 0 Å². The fourth-order valence-corrected chi connectivity index (χ4v) is 3.26. The maximum Gasteiger partial charge on any atom is 0.229 e. The van der Waals surface area contributed by atoms with E-state index in [1.165, 1.54) is 12.5 Å². The highest BCUT2D eigenvalue weighted by Gasteiger charge is 2.25. The average molecular weight is 322 g/mol. The number of nitrogens with zero attached hydrogens (tertiary/aromatic N) is 1. The van der Waals surface area contributed by atoms with E-state index in [9.17, 15) is 9.59 Å². The first-order chi connectivity index (χ1) is 11.6. The monoisotopic (exact) mass is 322 g/mol. The number of anilines is 1. The number of amides is 2. The number of carbonyl (C=O) groups excluding carboxylic acids is 2. The standard InChI is InChI=1S/C20H22N2O2/c1-15(23)21-18(16-8-3-2-4-9-16)14-20(24)22-13-7-11-17-10-5-6-12-19(17)22/h2-6,8-10,12,18H,7,11,13-14H2,1H3,(H,21,23). The fraction of sp³-hybridized carbons (Fsp3) is 0.300. The van der Waals surface area contributed by atoms with E-state index in [-0.39, 0.29) is 24.3 Å². The Balaban J connectivity index is 1.80. The highest BCUT2D eigenvalue weighted by molar-refractivity contribution is 5.95. The lowest BCUT2D eigenvalue weighted by Gasteiger charge is -2.31. The van der Waals surface area contributed by atoms with Gasteiger partial charge in [-0.1, -0.05) is 48.5 Å². The van der Waals surface area contributed by atoms with Gasteiger partial charge in [0.1, 0.15) is 0 Å². The molecule has 1 N–H and O–H groups in total. The Bertz CT molecular complexity index is 727. The van der Waals surface area contributed by atoms with Gasteiger partial charge in [-0.05, 0) is 30.0 Å². The topological polar surface area (TPSA) is 49.4 Å². The van der Waals surface area contributed by atoms with E-state index in [0.717, 1.165) is 30.6 Å². The molecule has 2 amide bonds. The van der Waals surface area contributed by atoms with Crippen molar-refractivity contribution in [3.8, 4) is 0 Å². The number of para-hydroxylation sites is 1. The number of hydrogen-bond donors (Lipinski definition) is 1. The van der Waals surface area contributed by atoms with Crippen molar-refractivity contribution in [1.82, 2.24) is 5.32 Å². The molecule has 1 aliphatic rings. The molecule has 0 aliphatic carbocycles. The van der Waals surface area contributed by atoms with Crippen molar-refractivity contribution in [3.63, 3.8) is 0 Å². The zero-order valence-corrected chi connectivity index (χ0v) is 13.9. The third-order valence-electron chi connectivity index (χ3n) is 4.37. The molecule has 0 radical (unpaired) electrons. The van der Waals surface area contributed by atoms with Crippen molar-refractivity contribution in [3.05, 3.63) is 65.7 Å². The Labute approximate surface area is 142 Å². The summed E-state index contributed by atoms with van der Waals surface area (Å²) in [5.74, 6) is -0.0829. The highest BCUT2D eigenvalue weighted by Crippen LogP contribution is 2.28. The molecule has 0 fully saturated rings. The maximum atomic E-state index is 12.9. The molecule has 4 heteroatoms. The lowest BCUT2D eigenvalue weighted by atomic mass is 9.99. The molecule has 0 saturated heterocycles. The number of nitrogens with one attached hydrogen (secondary N) is 1. The predicted octanol–water partition coefficient (Wildman–Crippen LogP) is 3.23. The van der Waals surface area contributed by atoms with Crippen LogP contribution in [-0.2, 0) is 16.0 Å². The number of carbonyl (C=O) groups is 2. The highest BCUT2D eigenvalue weighted by atomic mass is 16.2. The maximum absolute atomic E-state index is 12.9. The van der Waals surface area contributed by atoms with Crippen molar-refractivity contribution in [2.45, 2.75) is 32.2 Å². The summed E-state index contributed by atoms with van der Waals surface area (Å²) in [5.41, 5.74) is 3.17. The third-order valence-corrected chi connectivity index (χ3v) is 4.37. The number of fused-ring (bicyclic) bond motifs is 1. The number of hydrogen-bond acceptors (Lipinski definition) is 2. The minimum Gasteiger partial charge on any atom is -0.349 e. The molecule has 0 bridgehead atoms. The summed E-state index contributed by atoms with van der Waals surface area (Å²) in [7, 11) is 0. The van der Waals surface area contributed by atoms with Crippen LogP contribution in [0.1, 0.15) is 36.9 Å². The SMILES string of the molecule is CC(=O)NC(CC(=O)N1CCCc2ccccc21)c1ccccc1. The van der Waals surface area contributed by atoms with Crippen LogP contribution in [0.3, 0.4) is 0 Å². The van der Waals surface area contributed by atoms with Gasteiger partial charge in [0.15, 0.2) is 0 Å². The minimum absolute atomic E-state index is 0.0461. The third kappa shape index (κ3) is 3.65. The second-order valence-electron chi connectivity index (χ2n) is 6.15. The molecule has 2 aromatic carbocycles. The quantitative estimate of drug-likeness (QED) is 0.939. The van der Waals surface area contributed by atoms with Crippen molar-refractivity contribution in [2.24, 2.45) is 0 Å². The van der Waals surface area contributed by atoms with E-state index in [0.29, 0.717) is 0 Å². The molecule has 124 valence electrons. The molecular formula is C20H22N2O2. The lowest BCUT2D eigenvalue weighted by molar-refractivity contribution is -0.121. The van der Waals surface area contributed by atoms with Crippen LogP contribution >= 0.6 is 0 Å². The van der Waals surface area contributed by atoms with E-state index < -0.39 is 0 Å². The van der Waals surface area contributed by atoms with Gasteiger partial charge >= 0.3 is 0 Å². The predicted molar refractivity (Wildman–Crippen MR) is 94.7 cm³/mol. The van der Waals surface area contributed by atoms with Crippen molar-refractivity contribution in [2.75, 3.05) is 11.4 Å². The van der Waals surface area contributed by atoms with E-state index in [1.54, 1.807) is 0 Å². The molecule has 1 heterocycles. The zero-order valence-electron chi connectivity index (χ0n) is 13.9. The molecule has 4 nitrogen and oxygen atoms in total. The van der Waals surface area contributed by atoms with Gasteiger partial charge in [-0.2, -0.15) is 0 Å². The Morgan fingerprint density at radius 1 is 1.08 bits per heavy atom. The molecule has 1 aliphatic heterocycles. The summed E-state index contributed by atoms with van der Waals surface area (Å²) in [5, 5.41) is 2.90. The molecule has 1 atom stereocenters. The van der Waals surface area contributed by atoms with Gasteiger partial charge in [0.2, 0.25) is 11.8 Å². The molecule has 2 aromatic rings. The van der Waals surface area contributed by atoms with E-state index >= 15 is 0 Å². The molecule has 0 aromatic heterocycles. The largest absolute Gasteiger partial charge is 0.349 e. The second kappa shape index (κ2) is 7.30. The van der Waals surface area contributed by atoms with Crippen LogP contribution < -0.4 is 10.2 Å². The van der Waals surface area contributed by atoms with Crippen LogP contribution in [0.2, 0.25) is 0 Å². The molecule has 24 heavy (non-hydrogen) atoms. The number of rotatable bonds is 4. The van der Waals surface area contributed by atoms with E-state index in [1.807, 2.05) is 53.4 Å². The smallest absolute Gasteiger partial charge is 0.229 e. The van der Waals surface area contributed by atoms with Crippen molar-refractivity contribution < 1.29 is 9.59 Å². The minimum atomic E-state index is -0.301. The Morgan fingerprint density at radius 3 is 2.54 bits per heavy atom. The van der Waals surface area contributed by atoms with Gasteiger partial charge < -0.3 is 10.2 Å².